The summed E-state index contributed by atoms with van der Waals surface area (Å²) in [7, 11) is 0. The van der Waals surface area contributed by atoms with Crippen molar-refractivity contribution >= 4 is 28.7 Å². The number of nitrogens with zero attached hydrogens (tertiary/aromatic N) is 2. The number of fused-ring (bicyclic) bond motifs is 2. The molecule has 0 fully saturated rings. The Labute approximate surface area is 137 Å². The minimum atomic E-state index is -0.911. The molecular formula is C17H15N3O2S. The number of hydrogen-bond donors (Lipinski definition) is 2. The fourth-order valence-corrected chi connectivity index (χ4v) is 3.59. The van der Waals surface area contributed by atoms with E-state index >= 15 is 0 Å². The molecule has 0 saturated carbocycles. The smallest absolute Gasteiger partial charge is 0.251 e. The summed E-state index contributed by atoms with van der Waals surface area (Å²) in [4.78, 5) is 12.3. The van der Waals surface area contributed by atoms with Crippen LogP contribution in [0.4, 0.5) is 0 Å². The van der Waals surface area contributed by atoms with E-state index in [9.17, 15) is 9.90 Å². The predicted octanol–water partition coefficient (Wildman–Crippen LogP) is 1.95. The lowest BCUT2D eigenvalue weighted by molar-refractivity contribution is 0.0480. The SMILES string of the molecule is O=C(NCC1(O)Cc2ccccc2C1)c1ccc2nsnc2c1. The van der Waals surface area contributed by atoms with E-state index < -0.39 is 5.60 Å². The summed E-state index contributed by atoms with van der Waals surface area (Å²) in [5.41, 5.74) is 3.43. The molecule has 1 aromatic heterocycles. The predicted molar refractivity (Wildman–Crippen MR) is 88.5 cm³/mol. The van der Waals surface area contributed by atoms with E-state index in [1.54, 1.807) is 18.2 Å². The van der Waals surface area contributed by atoms with Gasteiger partial charge in [0.15, 0.2) is 0 Å². The van der Waals surface area contributed by atoms with Crippen LogP contribution in [0.25, 0.3) is 11.0 Å². The molecule has 6 heteroatoms. The van der Waals surface area contributed by atoms with Crippen molar-refractivity contribution in [3.8, 4) is 0 Å². The Morgan fingerprint density at radius 1 is 1.13 bits per heavy atom. The van der Waals surface area contributed by atoms with E-state index in [0.717, 1.165) is 33.9 Å². The van der Waals surface area contributed by atoms with Crippen LogP contribution < -0.4 is 5.32 Å². The first-order valence-corrected chi connectivity index (χ1v) is 8.16. The first-order chi connectivity index (χ1) is 11.1. The van der Waals surface area contributed by atoms with Crippen LogP contribution in [0, 0.1) is 0 Å². The number of aromatic nitrogens is 2. The van der Waals surface area contributed by atoms with E-state index in [-0.39, 0.29) is 12.5 Å². The quantitative estimate of drug-likeness (QED) is 0.772. The molecule has 0 bridgehead atoms. The summed E-state index contributed by atoms with van der Waals surface area (Å²) in [6, 6.07) is 13.2. The fourth-order valence-electron chi connectivity index (χ4n) is 3.07. The van der Waals surface area contributed by atoms with Crippen molar-refractivity contribution in [3.63, 3.8) is 0 Å². The lowest BCUT2D eigenvalue weighted by Gasteiger charge is -2.22. The van der Waals surface area contributed by atoms with Gasteiger partial charge in [0, 0.05) is 24.9 Å². The molecule has 2 N–H and O–H groups in total. The number of amides is 1. The van der Waals surface area contributed by atoms with E-state index in [4.69, 9.17) is 0 Å². The Morgan fingerprint density at radius 2 is 1.83 bits per heavy atom. The van der Waals surface area contributed by atoms with Crippen molar-refractivity contribution in [3.05, 3.63) is 59.2 Å². The second kappa shape index (κ2) is 5.40. The Hall–Kier alpha value is -2.31. The molecule has 3 aromatic rings. The third kappa shape index (κ3) is 2.71. The Balaban J connectivity index is 1.45. The maximum absolute atomic E-state index is 12.3. The van der Waals surface area contributed by atoms with Crippen molar-refractivity contribution in [1.82, 2.24) is 14.1 Å². The van der Waals surface area contributed by atoms with Crippen LogP contribution in [-0.4, -0.2) is 31.9 Å². The normalized spacial score (nSPS) is 15.5. The molecule has 4 rings (SSSR count). The van der Waals surface area contributed by atoms with Gasteiger partial charge in [-0.3, -0.25) is 4.79 Å². The van der Waals surface area contributed by atoms with Crippen molar-refractivity contribution in [2.24, 2.45) is 0 Å². The second-order valence-electron chi connectivity index (χ2n) is 6.00. The van der Waals surface area contributed by atoms with Gasteiger partial charge < -0.3 is 10.4 Å². The summed E-state index contributed by atoms with van der Waals surface area (Å²) in [6.07, 6.45) is 1.14. The zero-order chi connectivity index (χ0) is 15.9. The lowest BCUT2D eigenvalue weighted by Crippen LogP contribution is -2.43. The average Bonchev–Trinajstić information content (AvgIpc) is 3.15. The van der Waals surface area contributed by atoms with Gasteiger partial charge in [0.25, 0.3) is 5.91 Å². The first kappa shape index (κ1) is 14.3. The zero-order valence-electron chi connectivity index (χ0n) is 12.3. The van der Waals surface area contributed by atoms with Crippen LogP contribution in [0.2, 0.25) is 0 Å². The number of hydrogen-bond acceptors (Lipinski definition) is 5. The summed E-state index contributed by atoms with van der Waals surface area (Å²) >= 11 is 1.13. The summed E-state index contributed by atoms with van der Waals surface area (Å²) < 4.78 is 8.26. The lowest BCUT2D eigenvalue weighted by atomic mass is 10.0. The van der Waals surface area contributed by atoms with E-state index in [1.165, 1.54) is 0 Å². The highest BCUT2D eigenvalue weighted by Crippen LogP contribution is 2.29. The Bertz CT molecular complexity index is 865. The standard InChI is InChI=1S/C17H15N3O2S/c21-16(11-5-6-14-15(7-11)20-23-19-14)18-10-17(22)8-12-3-1-2-4-13(12)9-17/h1-7,22H,8-10H2,(H,18,21). The molecule has 0 aliphatic heterocycles. The molecule has 1 amide bonds. The molecule has 23 heavy (non-hydrogen) atoms. The number of rotatable bonds is 3. The highest BCUT2D eigenvalue weighted by molar-refractivity contribution is 7.00. The van der Waals surface area contributed by atoms with E-state index in [1.807, 2.05) is 24.3 Å². The van der Waals surface area contributed by atoms with Gasteiger partial charge in [0.1, 0.15) is 11.0 Å². The van der Waals surface area contributed by atoms with Gasteiger partial charge in [-0.25, -0.2) is 0 Å². The number of carbonyl (C=O) groups excluding carboxylic acids is 1. The maximum Gasteiger partial charge on any atom is 0.251 e. The molecule has 1 aliphatic carbocycles. The zero-order valence-corrected chi connectivity index (χ0v) is 13.1. The molecule has 0 saturated heterocycles. The van der Waals surface area contributed by atoms with Crippen LogP contribution in [0.15, 0.2) is 42.5 Å². The number of nitrogens with one attached hydrogen (secondary N) is 1. The van der Waals surface area contributed by atoms with Crippen molar-refractivity contribution in [2.75, 3.05) is 6.54 Å². The molecular weight excluding hydrogens is 310 g/mol. The van der Waals surface area contributed by atoms with Gasteiger partial charge in [-0.2, -0.15) is 8.75 Å². The number of benzene rings is 2. The highest BCUT2D eigenvalue weighted by atomic mass is 32.1. The third-order valence-corrected chi connectivity index (χ3v) is 4.81. The topological polar surface area (TPSA) is 75.1 Å². The molecule has 0 unspecified atom stereocenters. The molecule has 2 aromatic carbocycles. The van der Waals surface area contributed by atoms with Gasteiger partial charge in [-0.1, -0.05) is 24.3 Å². The summed E-state index contributed by atoms with van der Waals surface area (Å²) in [6.45, 7) is 0.230. The van der Waals surface area contributed by atoms with Gasteiger partial charge in [0.2, 0.25) is 0 Å². The summed E-state index contributed by atoms with van der Waals surface area (Å²) in [5, 5.41) is 13.6. The van der Waals surface area contributed by atoms with Crippen molar-refractivity contribution < 1.29 is 9.90 Å². The summed E-state index contributed by atoms with van der Waals surface area (Å²) in [5.74, 6) is -0.204. The van der Waals surface area contributed by atoms with Gasteiger partial charge >= 0.3 is 0 Å². The van der Waals surface area contributed by atoms with Crippen LogP contribution >= 0.6 is 11.7 Å². The monoisotopic (exact) mass is 325 g/mol. The average molecular weight is 325 g/mol. The van der Waals surface area contributed by atoms with Crippen molar-refractivity contribution in [2.45, 2.75) is 18.4 Å². The highest BCUT2D eigenvalue weighted by Gasteiger charge is 2.35. The van der Waals surface area contributed by atoms with Gasteiger partial charge in [0.05, 0.1) is 17.3 Å². The Kier molecular flexibility index (Phi) is 3.36. The molecule has 1 aliphatic rings. The van der Waals surface area contributed by atoms with Crippen LogP contribution in [0.1, 0.15) is 21.5 Å². The molecule has 116 valence electrons. The Morgan fingerprint density at radius 3 is 2.57 bits per heavy atom. The first-order valence-electron chi connectivity index (χ1n) is 7.43. The van der Waals surface area contributed by atoms with Crippen LogP contribution in [0.5, 0.6) is 0 Å². The van der Waals surface area contributed by atoms with E-state index in [2.05, 4.69) is 14.1 Å². The molecule has 0 radical (unpaired) electrons. The fraction of sp³-hybridized carbons (Fsp3) is 0.235. The maximum atomic E-state index is 12.3. The molecule has 0 atom stereocenters. The third-order valence-electron chi connectivity index (χ3n) is 4.25. The molecule has 0 spiro atoms. The largest absolute Gasteiger partial charge is 0.387 e. The molecule has 5 nitrogen and oxygen atoms in total. The van der Waals surface area contributed by atoms with Crippen molar-refractivity contribution in [1.29, 1.82) is 0 Å². The van der Waals surface area contributed by atoms with E-state index in [0.29, 0.717) is 18.4 Å². The van der Waals surface area contributed by atoms with Gasteiger partial charge in [-0.05, 0) is 29.3 Å². The number of carbonyl (C=O) groups is 1. The number of aliphatic hydroxyl groups is 1. The minimum absolute atomic E-state index is 0.204. The minimum Gasteiger partial charge on any atom is -0.387 e. The van der Waals surface area contributed by atoms with Crippen LogP contribution in [-0.2, 0) is 12.8 Å². The molecule has 1 heterocycles. The van der Waals surface area contributed by atoms with Gasteiger partial charge in [-0.15, -0.1) is 0 Å². The van der Waals surface area contributed by atoms with Crippen LogP contribution in [0.3, 0.4) is 0 Å². The second-order valence-corrected chi connectivity index (χ2v) is 6.53.